The molecule has 0 heterocycles. The van der Waals surface area contributed by atoms with Gasteiger partial charge in [-0.15, -0.1) is 0 Å². The van der Waals surface area contributed by atoms with Crippen molar-refractivity contribution in [1.82, 2.24) is 0 Å². The summed E-state index contributed by atoms with van der Waals surface area (Å²) >= 11 is 0.350. The number of methoxy groups -OCH3 is 1. The van der Waals surface area contributed by atoms with Crippen LogP contribution < -0.4 is 5.73 Å². The first-order valence-corrected chi connectivity index (χ1v) is 4.00. The molecule has 60 valence electrons. The summed E-state index contributed by atoms with van der Waals surface area (Å²) in [7, 11) is 1.24. The topological polar surface area (TPSA) is 78.6 Å². The summed E-state index contributed by atoms with van der Waals surface area (Å²) in [5.74, 6) is -1.07. The molecule has 0 spiro atoms. The minimum atomic E-state index is -0.891. The maximum absolute atomic E-state index is 10.6. The fraction of sp³-hybridized carbons (Fsp3) is 0.600. The van der Waals surface area contributed by atoms with Gasteiger partial charge in [0.25, 0.3) is 0 Å². The molecule has 2 N–H and O–H groups in total. The van der Waals surface area contributed by atoms with E-state index in [9.17, 15) is 9.59 Å². The average Bonchev–Trinajstić information content (AvgIpc) is 2.02. The van der Waals surface area contributed by atoms with E-state index < -0.39 is 18.0 Å². The monoisotopic (exact) mass is 235 g/mol. The molecule has 1 atom stereocenters. The number of carbonyl (C=O) groups excluding carboxylic acids is 2. The summed E-state index contributed by atoms with van der Waals surface area (Å²) in [6.07, 6.45) is -0.129. The quantitative estimate of drug-likeness (QED) is 0.627. The normalized spacial score (nSPS) is 11.7. The Morgan fingerprint density at radius 2 is 2.18 bits per heavy atom. The second kappa shape index (κ2) is 5.63. The van der Waals surface area contributed by atoms with Gasteiger partial charge in [-0.25, -0.2) is 0 Å². The van der Waals surface area contributed by atoms with Crippen LogP contribution in [0.15, 0.2) is 0 Å². The standard InChI is InChI=1S/C5H9NO4.Y/c1-10-4(7)2-3(6)5(8)9;/h3H,2,6H2,1H3,(H,8,9);/q;+1/p-1. The van der Waals surface area contributed by atoms with Crippen molar-refractivity contribution in [2.75, 3.05) is 7.11 Å². The van der Waals surface area contributed by atoms with Crippen LogP contribution in [0.3, 0.4) is 0 Å². The molecule has 0 aromatic rings. The van der Waals surface area contributed by atoms with Crippen molar-refractivity contribution in [1.29, 1.82) is 0 Å². The molecule has 0 aromatic heterocycles. The molecule has 0 fully saturated rings. The predicted octanol–water partition coefficient (Wildman–Crippen LogP) is -1.12. The Labute approximate surface area is 84.9 Å². The van der Waals surface area contributed by atoms with Gasteiger partial charge >= 0.3 is 85.1 Å². The van der Waals surface area contributed by atoms with Crippen molar-refractivity contribution in [3.8, 4) is 0 Å². The summed E-state index contributed by atoms with van der Waals surface area (Å²) in [5, 5.41) is 0. The van der Waals surface area contributed by atoms with Crippen molar-refractivity contribution in [2.24, 2.45) is 5.73 Å². The molecular weight excluding hydrogens is 227 g/mol. The van der Waals surface area contributed by atoms with Crippen molar-refractivity contribution in [3.63, 3.8) is 0 Å². The molecule has 0 aliphatic rings. The third kappa shape index (κ3) is 4.45. The van der Waals surface area contributed by atoms with Crippen LogP contribution in [-0.2, 0) is 47.8 Å². The first-order chi connectivity index (χ1) is 5.11. The van der Waals surface area contributed by atoms with Gasteiger partial charge in [0.15, 0.2) is 0 Å². The molecule has 0 amide bonds. The van der Waals surface area contributed by atoms with Crippen LogP contribution in [0.25, 0.3) is 0 Å². The van der Waals surface area contributed by atoms with Crippen LogP contribution in [0.5, 0.6) is 0 Å². The van der Waals surface area contributed by atoms with Gasteiger partial charge in [0.1, 0.15) is 0 Å². The molecule has 11 heavy (non-hydrogen) atoms. The second-order valence-corrected chi connectivity index (χ2v) is 2.40. The zero-order valence-corrected chi connectivity index (χ0v) is 8.91. The SMILES string of the molecule is COC(=O)CC(N)C(=O)[O][Y]. The molecule has 0 radical (unpaired) electrons. The minimum absolute atomic E-state index is 0.129. The van der Waals surface area contributed by atoms with Gasteiger partial charge in [-0.2, -0.15) is 0 Å². The summed E-state index contributed by atoms with van der Waals surface area (Å²) in [4.78, 5) is 21.2. The van der Waals surface area contributed by atoms with Crippen molar-refractivity contribution < 1.29 is 47.8 Å². The van der Waals surface area contributed by atoms with E-state index in [2.05, 4.69) is 6.79 Å². The van der Waals surface area contributed by atoms with Crippen LogP contribution in [0.2, 0.25) is 0 Å². The Morgan fingerprint density at radius 1 is 1.64 bits per heavy atom. The van der Waals surface area contributed by atoms with Gasteiger partial charge in [0, 0.05) is 0 Å². The van der Waals surface area contributed by atoms with E-state index in [-0.39, 0.29) is 6.42 Å². The Morgan fingerprint density at radius 3 is 2.55 bits per heavy atom. The van der Waals surface area contributed by atoms with Gasteiger partial charge < -0.3 is 0 Å². The van der Waals surface area contributed by atoms with Gasteiger partial charge in [-0.1, -0.05) is 0 Å². The van der Waals surface area contributed by atoms with E-state index in [0.29, 0.717) is 31.5 Å². The molecule has 5 nitrogen and oxygen atoms in total. The molecule has 0 rings (SSSR count). The van der Waals surface area contributed by atoms with Crippen LogP contribution in [0.4, 0.5) is 0 Å². The van der Waals surface area contributed by atoms with Gasteiger partial charge in [0.2, 0.25) is 0 Å². The van der Waals surface area contributed by atoms with E-state index in [1.165, 1.54) is 7.11 Å². The van der Waals surface area contributed by atoms with Crippen molar-refractivity contribution in [3.05, 3.63) is 0 Å². The van der Waals surface area contributed by atoms with E-state index in [0.717, 1.165) is 0 Å². The van der Waals surface area contributed by atoms with Crippen LogP contribution in [0, 0.1) is 0 Å². The molecule has 0 aromatic carbocycles. The van der Waals surface area contributed by atoms with Crippen molar-refractivity contribution in [2.45, 2.75) is 12.5 Å². The second-order valence-electron chi connectivity index (χ2n) is 1.82. The maximum atomic E-state index is 10.6. The molecule has 6 heteroatoms. The number of ether oxygens (including phenoxy) is 1. The summed E-state index contributed by atoms with van der Waals surface area (Å²) in [6, 6.07) is -0.891. The van der Waals surface area contributed by atoms with Gasteiger partial charge in [-0.05, 0) is 0 Å². The predicted molar refractivity (Wildman–Crippen MR) is 30.7 cm³/mol. The fourth-order valence-corrected chi connectivity index (χ4v) is 0.863. The Bertz CT molecular complexity index is 161. The Hall–Kier alpha value is 0.00390. The molecule has 0 aliphatic carbocycles. The molecular formula is C5H8NO4Y. The zero-order chi connectivity index (χ0) is 8.85. The Kier molecular flexibility index (Phi) is 5.63. The summed E-state index contributed by atoms with van der Waals surface area (Å²) in [5.41, 5.74) is 5.25. The number of hydrogen-bond acceptors (Lipinski definition) is 5. The van der Waals surface area contributed by atoms with Crippen LogP contribution in [-0.4, -0.2) is 25.1 Å². The summed E-state index contributed by atoms with van der Waals surface area (Å²) in [6.45, 7) is 0. The molecule has 0 bridgehead atoms. The number of nitrogens with two attached hydrogens (primary N) is 1. The first kappa shape index (κ1) is 11.0. The zero-order valence-electron chi connectivity index (χ0n) is 6.07. The number of esters is 1. The average molecular weight is 235 g/mol. The fourth-order valence-electron chi connectivity index (χ4n) is 0.434. The first-order valence-electron chi connectivity index (χ1n) is 2.84. The summed E-state index contributed by atoms with van der Waals surface area (Å²) < 4.78 is 8.72. The van der Waals surface area contributed by atoms with E-state index in [1.54, 1.807) is 0 Å². The van der Waals surface area contributed by atoms with Gasteiger partial charge in [-0.3, -0.25) is 0 Å². The molecule has 0 saturated carbocycles. The number of hydrogen-bond donors (Lipinski definition) is 1. The molecule has 1 unspecified atom stereocenters. The Balaban J connectivity index is 3.77. The van der Waals surface area contributed by atoms with Crippen molar-refractivity contribution >= 4 is 11.9 Å². The number of rotatable bonds is 3. The third-order valence-electron chi connectivity index (χ3n) is 1.03. The number of carbonyl (C=O) groups is 2. The van der Waals surface area contributed by atoms with Crippen LogP contribution in [0.1, 0.15) is 6.42 Å². The van der Waals surface area contributed by atoms with E-state index in [4.69, 9.17) is 5.73 Å². The molecule has 0 aliphatic heterocycles. The van der Waals surface area contributed by atoms with E-state index in [1.807, 2.05) is 0 Å². The van der Waals surface area contributed by atoms with Gasteiger partial charge in [0.05, 0.1) is 0 Å². The third-order valence-corrected chi connectivity index (χ3v) is 1.60. The molecule has 0 saturated heterocycles. The van der Waals surface area contributed by atoms with E-state index >= 15 is 0 Å². The van der Waals surface area contributed by atoms with Crippen LogP contribution >= 0.6 is 0 Å².